The van der Waals surface area contributed by atoms with Gasteiger partial charge in [0.1, 0.15) is 0 Å². The van der Waals surface area contributed by atoms with Crippen LogP contribution in [-0.4, -0.2) is 17.4 Å². The Balaban J connectivity index is 2.12. The molecular weight excluding hydrogens is 316 g/mol. The van der Waals surface area contributed by atoms with E-state index >= 15 is 0 Å². The Bertz CT molecular complexity index is 873. The summed E-state index contributed by atoms with van der Waals surface area (Å²) in [7, 11) is 2.01. The molecule has 3 unspecified atom stereocenters. The van der Waals surface area contributed by atoms with Crippen molar-refractivity contribution in [3.8, 4) is 0 Å². The van der Waals surface area contributed by atoms with E-state index in [9.17, 15) is 0 Å². The topological polar surface area (TPSA) is 27.8 Å². The van der Waals surface area contributed by atoms with Gasteiger partial charge in [-0.1, -0.05) is 38.1 Å². The molecule has 0 fully saturated rings. The Kier molecular flexibility index (Phi) is 3.25. The monoisotopic (exact) mass is 340 g/mol. The van der Waals surface area contributed by atoms with Crippen LogP contribution in [0.3, 0.4) is 0 Å². The first-order chi connectivity index (χ1) is 11.4. The summed E-state index contributed by atoms with van der Waals surface area (Å²) in [5.41, 5.74) is 6.39. The lowest BCUT2D eigenvalue weighted by Gasteiger charge is -2.44. The minimum absolute atomic E-state index is 0.0424. The molecule has 1 heterocycles. The predicted molar refractivity (Wildman–Crippen MR) is 103 cm³/mol. The molecule has 3 heteroatoms. The number of H-pyrrole nitrogens is 1. The second kappa shape index (κ2) is 4.92. The van der Waals surface area contributed by atoms with E-state index in [1.165, 1.54) is 33.4 Å². The van der Waals surface area contributed by atoms with E-state index < -0.39 is 0 Å². The maximum Gasteiger partial charge on any atom is 0.0485 e. The van der Waals surface area contributed by atoms with Crippen LogP contribution >= 0.6 is 11.6 Å². The molecule has 126 valence electrons. The highest BCUT2D eigenvalue weighted by molar-refractivity contribution is 6.22. The highest BCUT2D eigenvalue weighted by atomic mass is 35.5. The van der Waals surface area contributed by atoms with Crippen molar-refractivity contribution in [3.05, 3.63) is 53.9 Å². The molecule has 2 aliphatic rings. The second-order valence-corrected chi connectivity index (χ2v) is 8.45. The molecule has 1 aromatic heterocycles. The molecule has 0 aliphatic heterocycles. The van der Waals surface area contributed by atoms with E-state index in [1.54, 1.807) is 0 Å². The second-order valence-electron chi connectivity index (χ2n) is 7.92. The summed E-state index contributed by atoms with van der Waals surface area (Å²) in [6.07, 6.45) is 2.98. The van der Waals surface area contributed by atoms with Crippen molar-refractivity contribution < 1.29 is 0 Å². The number of rotatable bonds is 2. The lowest BCUT2D eigenvalue weighted by molar-refractivity contribution is 0.308. The zero-order chi connectivity index (χ0) is 17.3. The van der Waals surface area contributed by atoms with Gasteiger partial charge in [-0.15, -0.1) is 18.2 Å². The van der Waals surface area contributed by atoms with Gasteiger partial charge in [-0.3, -0.25) is 0 Å². The smallest absolute Gasteiger partial charge is 0.0485 e. The summed E-state index contributed by atoms with van der Waals surface area (Å²) in [4.78, 5) is 3.70. The van der Waals surface area contributed by atoms with Gasteiger partial charge in [0.15, 0.2) is 0 Å². The Morgan fingerprint density at radius 3 is 2.67 bits per heavy atom. The number of halogens is 1. The Labute approximate surface area is 149 Å². The van der Waals surface area contributed by atoms with Gasteiger partial charge in [0.25, 0.3) is 0 Å². The third kappa shape index (κ3) is 1.73. The highest BCUT2D eigenvalue weighted by Crippen LogP contribution is 2.60. The summed E-state index contributed by atoms with van der Waals surface area (Å²) in [6, 6.07) is 8.60. The van der Waals surface area contributed by atoms with Crippen LogP contribution in [0.5, 0.6) is 0 Å². The number of fused-ring (bicyclic) bond motifs is 5. The Morgan fingerprint density at radius 2 is 2.00 bits per heavy atom. The van der Waals surface area contributed by atoms with Crippen molar-refractivity contribution in [2.75, 3.05) is 7.05 Å². The molecule has 0 saturated carbocycles. The summed E-state index contributed by atoms with van der Waals surface area (Å²) >= 11 is 6.86. The first kappa shape index (κ1) is 15.8. The van der Waals surface area contributed by atoms with Gasteiger partial charge in [-0.2, -0.15) is 0 Å². The summed E-state index contributed by atoms with van der Waals surface area (Å²) in [5, 5.41) is 4.84. The van der Waals surface area contributed by atoms with Gasteiger partial charge in [-0.25, -0.2) is 0 Å². The Morgan fingerprint density at radius 1 is 1.29 bits per heavy atom. The number of aromatic nitrogens is 1. The van der Waals surface area contributed by atoms with Gasteiger partial charge < -0.3 is 10.3 Å². The van der Waals surface area contributed by atoms with E-state index in [0.29, 0.717) is 5.92 Å². The van der Waals surface area contributed by atoms with Crippen LogP contribution in [0.15, 0.2) is 42.6 Å². The number of nitrogens with one attached hydrogen (secondary N) is 2. The van der Waals surface area contributed by atoms with Crippen LogP contribution in [-0.2, 0) is 5.41 Å². The number of allylic oxidation sites excluding steroid dienone is 2. The van der Waals surface area contributed by atoms with Gasteiger partial charge in [0.2, 0.25) is 0 Å². The molecule has 0 saturated heterocycles. The fourth-order valence-corrected chi connectivity index (χ4v) is 5.23. The average molecular weight is 341 g/mol. The lowest BCUT2D eigenvalue weighted by Crippen LogP contribution is -2.42. The van der Waals surface area contributed by atoms with Gasteiger partial charge in [0, 0.05) is 51.1 Å². The molecular formula is C21H25ClN2. The number of hydrogen-bond donors (Lipinski definition) is 2. The third-order valence-corrected chi connectivity index (χ3v) is 7.05. The highest BCUT2D eigenvalue weighted by Gasteiger charge is 2.53. The molecule has 2 nitrogen and oxygen atoms in total. The van der Waals surface area contributed by atoms with E-state index in [0.717, 1.165) is 6.42 Å². The zero-order valence-electron chi connectivity index (χ0n) is 14.8. The molecule has 2 aliphatic carbocycles. The number of aromatic amines is 1. The minimum atomic E-state index is -0.238. The fraction of sp³-hybridized carbons (Fsp3) is 0.429. The lowest BCUT2D eigenvalue weighted by atomic mass is 9.65. The van der Waals surface area contributed by atoms with Crippen LogP contribution in [0.2, 0.25) is 0 Å². The largest absolute Gasteiger partial charge is 0.390 e. The standard InChI is InChI=1S/C21H25ClN2/c1-6-21(4)15(22)11-13-17(19(21)23-5)16-12-9-7-8-10-14(12)24-18(16)20(13,2)3/h6-10,13,15,23-24H,1,11H2,2-5H3. The van der Waals surface area contributed by atoms with Crippen LogP contribution in [0.25, 0.3) is 16.5 Å². The van der Waals surface area contributed by atoms with Gasteiger partial charge >= 0.3 is 0 Å². The summed E-state index contributed by atoms with van der Waals surface area (Å²) in [5.74, 6) is 0.418. The van der Waals surface area contributed by atoms with Crippen molar-refractivity contribution in [1.29, 1.82) is 0 Å². The Hall–Kier alpha value is -1.67. The third-order valence-electron chi connectivity index (χ3n) is 6.41. The summed E-state index contributed by atoms with van der Waals surface area (Å²) in [6.45, 7) is 11.0. The van der Waals surface area contributed by atoms with E-state index in [-0.39, 0.29) is 16.2 Å². The average Bonchev–Trinajstić information content (AvgIpc) is 3.04. The van der Waals surface area contributed by atoms with Crippen LogP contribution in [0, 0.1) is 11.3 Å². The molecule has 0 spiro atoms. The minimum Gasteiger partial charge on any atom is -0.390 e. The predicted octanol–water partition coefficient (Wildman–Crippen LogP) is 5.21. The number of benzene rings is 1. The van der Waals surface area contributed by atoms with E-state index in [4.69, 9.17) is 11.6 Å². The fourth-order valence-electron chi connectivity index (χ4n) is 4.86. The van der Waals surface area contributed by atoms with Crippen molar-refractivity contribution >= 4 is 28.1 Å². The van der Waals surface area contributed by atoms with Crippen LogP contribution < -0.4 is 5.32 Å². The molecule has 24 heavy (non-hydrogen) atoms. The maximum atomic E-state index is 6.86. The molecule has 0 radical (unpaired) electrons. The van der Waals surface area contributed by atoms with Crippen molar-refractivity contribution in [2.24, 2.45) is 11.3 Å². The van der Waals surface area contributed by atoms with E-state index in [2.05, 4.69) is 61.9 Å². The molecule has 3 atom stereocenters. The van der Waals surface area contributed by atoms with E-state index in [1.807, 2.05) is 13.1 Å². The maximum absolute atomic E-state index is 6.86. The molecule has 1 aromatic carbocycles. The zero-order valence-corrected chi connectivity index (χ0v) is 15.6. The van der Waals surface area contributed by atoms with Gasteiger partial charge in [-0.05, 0) is 30.9 Å². The molecule has 2 aromatic rings. The molecule has 4 rings (SSSR count). The van der Waals surface area contributed by atoms with Crippen LogP contribution in [0.4, 0.5) is 0 Å². The molecule has 0 amide bonds. The van der Waals surface area contributed by atoms with Gasteiger partial charge in [0.05, 0.1) is 0 Å². The van der Waals surface area contributed by atoms with Crippen molar-refractivity contribution in [2.45, 2.75) is 38.0 Å². The first-order valence-electron chi connectivity index (χ1n) is 8.68. The number of hydrogen-bond acceptors (Lipinski definition) is 1. The van der Waals surface area contributed by atoms with Crippen LogP contribution in [0.1, 0.15) is 38.4 Å². The normalized spacial score (nSPS) is 31.0. The quantitative estimate of drug-likeness (QED) is 0.570. The number of alkyl halides is 1. The molecule has 2 N–H and O–H groups in total. The first-order valence-corrected chi connectivity index (χ1v) is 9.11. The number of para-hydroxylation sites is 1. The summed E-state index contributed by atoms with van der Waals surface area (Å²) < 4.78 is 0. The molecule has 0 bridgehead atoms. The van der Waals surface area contributed by atoms with Crippen molar-refractivity contribution in [1.82, 2.24) is 10.3 Å². The SMILES string of the molecule is C=CC1(C)C(NC)=C2c3c([nH]c4ccccc34)C(C)(C)C2CC1Cl. The van der Waals surface area contributed by atoms with Crippen molar-refractivity contribution in [3.63, 3.8) is 0 Å².